The highest BCUT2D eigenvalue weighted by Gasteiger charge is 2.27. The lowest BCUT2D eigenvalue weighted by Gasteiger charge is -2.21. The number of thiophene rings is 1. The van der Waals surface area contributed by atoms with E-state index in [-0.39, 0.29) is 18.4 Å². The Morgan fingerprint density at radius 2 is 2.16 bits per heavy atom. The number of hydrogen-bond donors (Lipinski definition) is 2. The van der Waals surface area contributed by atoms with E-state index in [4.69, 9.17) is 9.47 Å². The molecule has 1 unspecified atom stereocenters. The van der Waals surface area contributed by atoms with Crippen LogP contribution in [0.25, 0.3) is 0 Å². The lowest BCUT2D eigenvalue weighted by molar-refractivity contribution is -0.111. The summed E-state index contributed by atoms with van der Waals surface area (Å²) in [6.07, 6.45) is 9.59. The Bertz CT molecular complexity index is 1240. The van der Waals surface area contributed by atoms with Crippen LogP contribution in [0.3, 0.4) is 0 Å². The molecule has 9 heteroatoms. The lowest BCUT2D eigenvalue weighted by Crippen LogP contribution is -2.28. The van der Waals surface area contributed by atoms with Crippen LogP contribution in [-0.4, -0.2) is 30.2 Å². The van der Waals surface area contributed by atoms with Crippen LogP contribution < -0.4 is 10.6 Å². The third kappa shape index (κ3) is 7.92. The van der Waals surface area contributed by atoms with Crippen LogP contribution in [0, 0.1) is 17.2 Å². The van der Waals surface area contributed by atoms with Crippen molar-refractivity contribution in [1.82, 2.24) is 10.3 Å². The van der Waals surface area contributed by atoms with E-state index in [1.807, 2.05) is 25.1 Å². The summed E-state index contributed by atoms with van der Waals surface area (Å²) in [5, 5.41) is 15.8. The molecule has 0 saturated carbocycles. The van der Waals surface area contributed by atoms with Gasteiger partial charge in [-0.3, -0.25) is 9.78 Å². The summed E-state index contributed by atoms with van der Waals surface area (Å²) in [5.41, 5.74) is 2.83. The minimum atomic E-state index is -0.489. The van der Waals surface area contributed by atoms with Gasteiger partial charge in [-0.25, -0.2) is 4.79 Å². The van der Waals surface area contributed by atoms with Crippen molar-refractivity contribution < 1.29 is 19.1 Å². The Morgan fingerprint density at radius 1 is 1.32 bits per heavy atom. The van der Waals surface area contributed by atoms with Gasteiger partial charge in [-0.05, 0) is 55.9 Å². The van der Waals surface area contributed by atoms with Gasteiger partial charge in [0.1, 0.15) is 16.8 Å². The zero-order chi connectivity index (χ0) is 26.6. The number of pyridine rings is 1. The number of ether oxygens (including phenoxy) is 2. The van der Waals surface area contributed by atoms with Gasteiger partial charge in [0.05, 0.1) is 31.0 Å². The number of nitrogens with zero attached hydrogens (tertiary/aromatic N) is 2. The number of amides is 2. The molecule has 0 fully saturated rings. The summed E-state index contributed by atoms with van der Waals surface area (Å²) in [6, 6.07) is 7.73. The Kier molecular flexibility index (Phi) is 10.2. The lowest BCUT2D eigenvalue weighted by atomic mass is 9.88. The Morgan fingerprint density at radius 3 is 2.86 bits per heavy atom. The largest absolute Gasteiger partial charge is 0.494 e. The van der Waals surface area contributed by atoms with Gasteiger partial charge in [-0.15, -0.1) is 11.3 Å². The molecule has 2 heterocycles. The number of allylic oxidation sites excluding steroid dienone is 3. The van der Waals surface area contributed by atoms with Gasteiger partial charge in [0.25, 0.3) is 0 Å². The fraction of sp³-hybridized carbons (Fsp3) is 0.286. The second-order valence-electron chi connectivity index (χ2n) is 8.24. The maximum absolute atomic E-state index is 12.6. The number of nitriles is 1. The van der Waals surface area contributed by atoms with Gasteiger partial charge in [0.2, 0.25) is 5.91 Å². The third-order valence-electron chi connectivity index (χ3n) is 5.66. The number of carbonyl (C=O) groups excluding carboxylic acids is 2. The molecule has 2 amide bonds. The van der Waals surface area contributed by atoms with E-state index in [1.54, 1.807) is 24.4 Å². The molecular weight excluding hydrogens is 488 g/mol. The molecule has 0 radical (unpaired) electrons. The molecule has 2 aromatic rings. The predicted molar refractivity (Wildman–Crippen MR) is 144 cm³/mol. The molecule has 3 rings (SSSR count). The number of anilines is 1. The molecule has 0 aliphatic heterocycles. The van der Waals surface area contributed by atoms with Crippen LogP contribution in [0.4, 0.5) is 9.80 Å². The molecule has 1 atom stereocenters. The van der Waals surface area contributed by atoms with Crippen molar-refractivity contribution in [2.75, 3.05) is 18.5 Å². The van der Waals surface area contributed by atoms with Crippen molar-refractivity contribution in [3.63, 3.8) is 0 Å². The van der Waals surface area contributed by atoms with Gasteiger partial charge < -0.3 is 20.1 Å². The first kappa shape index (κ1) is 27.4. The third-order valence-corrected chi connectivity index (χ3v) is 6.83. The average molecular weight is 519 g/mol. The zero-order valence-corrected chi connectivity index (χ0v) is 21.6. The zero-order valence-electron chi connectivity index (χ0n) is 20.8. The van der Waals surface area contributed by atoms with Crippen LogP contribution in [0.2, 0.25) is 0 Å². The van der Waals surface area contributed by atoms with Gasteiger partial charge in [-0.1, -0.05) is 31.4 Å². The molecule has 37 heavy (non-hydrogen) atoms. The fourth-order valence-electron chi connectivity index (χ4n) is 3.86. The molecular formula is C28H30N4O4S. The summed E-state index contributed by atoms with van der Waals surface area (Å²) in [7, 11) is 0. The second-order valence-corrected chi connectivity index (χ2v) is 9.34. The normalized spacial score (nSPS) is 14.8. The smallest absolute Gasteiger partial charge is 0.407 e. The maximum atomic E-state index is 12.6. The van der Waals surface area contributed by atoms with Gasteiger partial charge in [-0.2, -0.15) is 5.26 Å². The summed E-state index contributed by atoms with van der Waals surface area (Å²) < 4.78 is 10.8. The molecule has 1 aliphatic rings. The van der Waals surface area contributed by atoms with Crippen LogP contribution >= 0.6 is 11.3 Å². The van der Waals surface area contributed by atoms with Gasteiger partial charge in [0.15, 0.2) is 0 Å². The summed E-state index contributed by atoms with van der Waals surface area (Å²) in [4.78, 5) is 29.9. The van der Waals surface area contributed by atoms with Crippen LogP contribution in [0.5, 0.6) is 0 Å². The van der Waals surface area contributed by atoms with E-state index in [2.05, 4.69) is 34.8 Å². The quantitative estimate of drug-likeness (QED) is 0.240. The van der Waals surface area contributed by atoms with Crippen LogP contribution in [0.1, 0.15) is 35.0 Å². The Balaban J connectivity index is 1.57. The van der Waals surface area contributed by atoms with Crippen molar-refractivity contribution in [3.05, 3.63) is 94.9 Å². The Labute approximate surface area is 221 Å². The number of nitrogens with one attached hydrogen (secondary N) is 2. The first-order valence-electron chi connectivity index (χ1n) is 11.9. The predicted octanol–water partition coefficient (Wildman–Crippen LogP) is 5.20. The highest BCUT2D eigenvalue weighted by Crippen LogP contribution is 2.39. The number of alkyl carbamates (subject to hydrolysis) is 1. The number of carbonyl (C=O) groups is 2. The number of hydrogen-bond acceptors (Lipinski definition) is 7. The van der Waals surface area contributed by atoms with Crippen molar-refractivity contribution in [3.8, 4) is 6.07 Å². The molecule has 192 valence electrons. The highest BCUT2D eigenvalue weighted by molar-refractivity contribution is 7.16. The second kappa shape index (κ2) is 13.8. The fourth-order valence-corrected chi connectivity index (χ4v) is 5.17. The molecule has 0 saturated heterocycles. The van der Waals surface area contributed by atoms with E-state index in [9.17, 15) is 14.9 Å². The number of rotatable bonds is 11. The monoisotopic (exact) mass is 518 g/mol. The van der Waals surface area contributed by atoms with Crippen molar-refractivity contribution >= 4 is 28.3 Å². The molecule has 2 aromatic heterocycles. The van der Waals surface area contributed by atoms with E-state index < -0.39 is 6.09 Å². The molecule has 1 aliphatic carbocycles. The summed E-state index contributed by atoms with van der Waals surface area (Å²) in [6.45, 7) is 10.4. The highest BCUT2D eigenvalue weighted by atomic mass is 32.1. The van der Waals surface area contributed by atoms with E-state index in [0.717, 1.165) is 22.6 Å². The number of fused-ring (bicyclic) bond motifs is 1. The van der Waals surface area contributed by atoms with Crippen molar-refractivity contribution in [1.29, 1.82) is 5.26 Å². The minimum Gasteiger partial charge on any atom is -0.494 e. The molecule has 0 spiro atoms. The molecule has 0 aromatic carbocycles. The topological polar surface area (TPSA) is 113 Å². The standard InChI is InChI=1S/C28H30N4O4S/c1-4-8-21(19(3)35-5-2)11-13-26(33)32-27-24(16-29)23-12-10-20(15-25(23)37-27)18-36-28(34)31-17-22-9-6-7-14-30-22/h4,6-9,11,13-14,20H,1,3,5,10,12,15,17-18H2,2H3,(H,31,34)(H,32,33)/b13-11+,21-8-. The maximum Gasteiger partial charge on any atom is 0.407 e. The minimum absolute atomic E-state index is 0.137. The first-order chi connectivity index (χ1) is 17.9. The summed E-state index contributed by atoms with van der Waals surface area (Å²) in [5.74, 6) is 0.214. The van der Waals surface area contributed by atoms with E-state index in [1.165, 1.54) is 17.4 Å². The molecule has 0 bridgehead atoms. The van der Waals surface area contributed by atoms with Gasteiger partial charge >= 0.3 is 6.09 Å². The van der Waals surface area contributed by atoms with Crippen molar-refractivity contribution in [2.45, 2.75) is 32.7 Å². The Hall–Kier alpha value is -4.16. The summed E-state index contributed by atoms with van der Waals surface area (Å²) >= 11 is 1.39. The van der Waals surface area contributed by atoms with E-state index in [0.29, 0.717) is 47.9 Å². The van der Waals surface area contributed by atoms with Crippen molar-refractivity contribution in [2.24, 2.45) is 5.92 Å². The SMILES string of the molecule is C=C/C=C(/C=C/C(=O)Nc1sc2c(c1C#N)CCC(COC(=O)NCc1ccccn1)C2)C(=C)OCC. The molecule has 2 N–H and O–H groups in total. The van der Waals surface area contributed by atoms with E-state index >= 15 is 0 Å². The van der Waals surface area contributed by atoms with Gasteiger partial charge in [0, 0.05) is 22.7 Å². The van der Waals surface area contributed by atoms with Crippen LogP contribution in [0.15, 0.2) is 73.2 Å². The first-order valence-corrected chi connectivity index (χ1v) is 12.8. The molecule has 8 nitrogen and oxygen atoms in total. The average Bonchev–Trinajstić information content (AvgIpc) is 3.25. The number of aromatic nitrogens is 1. The van der Waals surface area contributed by atoms with Crippen LogP contribution in [-0.2, 0) is 33.7 Å².